The number of amides is 1. The van der Waals surface area contributed by atoms with E-state index < -0.39 is 5.91 Å². The standard InChI is InChI=1S/C20H21FN6O2/c1-4-16-14-8-15(21)17(29-3)7-12(14)11-27(16)13-9-23-18(24-10-13)19(28)25-20-22-5-6-26(20)2/h5-10,16H,4,11H2,1-3H3,(H,22,25,28). The van der Waals surface area contributed by atoms with E-state index in [1.54, 1.807) is 42.5 Å². The Kier molecular flexibility index (Phi) is 4.87. The number of methoxy groups -OCH3 is 1. The molecule has 0 saturated heterocycles. The maximum atomic E-state index is 14.2. The molecule has 1 unspecified atom stereocenters. The zero-order chi connectivity index (χ0) is 20.5. The van der Waals surface area contributed by atoms with E-state index in [-0.39, 0.29) is 23.4 Å². The van der Waals surface area contributed by atoms with Crippen molar-refractivity contribution in [1.82, 2.24) is 19.5 Å². The van der Waals surface area contributed by atoms with Gasteiger partial charge in [-0.15, -0.1) is 0 Å². The number of anilines is 2. The molecule has 8 nitrogen and oxygen atoms in total. The molecule has 150 valence electrons. The molecule has 1 aliphatic heterocycles. The van der Waals surface area contributed by atoms with E-state index in [4.69, 9.17) is 4.74 Å². The highest BCUT2D eigenvalue weighted by atomic mass is 19.1. The SMILES string of the molecule is CCC1c2cc(F)c(OC)cc2CN1c1cnc(C(=O)Nc2nccn2C)nc1. The Morgan fingerprint density at radius 3 is 2.69 bits per heavy atom. The van der Waals surface area contributed by atoms with Crippen LogP contribution in [0.2, 0.25) is 0 Å². The van der Waals surface area contributed by atoms with Crippen LogP contribution in [0.4, 0.5) is 16.0 Å². The Morgan fingerprint density at radius 1 is 1.31 bits per heavy atom. The first-order valence-corrected chi connectivity index (χ1v) is 9.25. The molecule has 1 atom stereocenters. The van der Waals surface area contributed by atoms with E-state index in [0.717, 1.165) is 23.2 Å². The number of benzene rings is 1. The topological polar surface area (TPSA) is 85.2 Å². The maximum Gasteiger partial charge on any atom is 0.295 e. The van der Waals surface area contributed by atoms with E-state index >= 15 is 0 Å². The fraction of sp³-hybridized carbons (Fsp3) is 0.300. The van der Waals surface area contributed by atoms with Crippen LogP contribution in [0.15, 0.2) is 36.9 Å². The largest absolute Gasteiger partial charge is 0.494 e. The van der Waals surface area contributed by atoms with Gasteiger partial charge in [0.2, 0.25) is 11.8 Å². The minimum Gasteiger partial charge on any atom is -0.494 e. The lowest BCUT2D eigenvalue weighted by Crippen LogP contribution is -2.22. The van der Waals surface area contributed by atoms with Crippen molar-refractivity contribution in [2.45, 2.75) is 25.9 Å². The second-order valence-corrected chi connectivity index (χ2v) is 6.82. The highest BCUT2D eigenvalue weighted by molar-refractivity contribution is 6.00. The lowest BCUT2D eigenvalue weighted by Gasteiger charge is -2.25. The third-order valence-electron chi connectivity index (χ3n) is 5.10. The van der Waals surface area contributed by atoms with Crippen LogP contribution in [-0.4, -0.2) is 32.5 Å². The summed E-state index contributed by atoms with van der Waals surface area (Å²) in [4.78, 5) is 26.9. The first kappa shape index (κ1) is 18.9. The van der Waals surface area contributed by atoms with Crippen LogP contribution in [0.3, 0.4) is 0 Å². The number of aromatic nitrogens is 4. The van der Waals surface area contributed by atoms with Gasteiger partial charge in [-0.25, -0.2) is 19.3 Å². The number of halogens is 1. The molecule has 1 N–H and O–H groups in total. The number of hydrogen-bond donors (Lipinski definition) is 1. The van der Waals surface area contributed by atoms with Gasteiger partial charge in [0.1, 0.15) is 0 Å². The number of nitrogens with zero attached hydrogens (tertiary/aromatic N) is 5. The molecule has 1 aromatic carbocycles. The van der Waals surface area contributed by atoms with Crippen molar-refractivity contribution in [3.63, 3.8) is 0 Å². The normalized spacial score (nSPS) is 15.3. The van der Waals surface area contributed by atoms with Gasteiger partial charge < -0.3 is 14.2 Å². The summed E-state index contributed by atoms with van der Waals surface area (Å²) >= 11 is 0. The molecule has 1 amide bonds. The number of ether oxygens (including phenoxy) is 1. The van der Waals surface area contributed by atoms with Crippen molar-refractivity contribution < 1.29 is 13.9 Å². The quantitative estimate of drug-likeness (QED) is 0.713. The van der Waals surface area contributed by atoms with Crippen molar-refractivity contribution >= 4 is 17.5 Å². The van der Waals surface area contributed by atoms with Crippen LogP contribution < -0.4 is 15.0 Å². The van der Waals surface area contributed by atoms with Crippen LogP contribution in [0, 0.1) is 5.82 Å². The van der Waals surface area contributed by atoms with Gasteiger partial charge in [-0.1, -0.05) is 6.92 Å². The minimum atomic E-state index is -0.436. The van der Waals surface area contributed by atoms with Gasteiger partial charge >= 0.3 is 0 Å². The molecule has 29 heavy (non-hydrogen) atoms. The Bertz CT molecular complexity index is 1050. The van der Waals surface area contributed by atoms with Crippen LogP contribution in [0.5, 0.6) is 5.75 Å². The zero-order valence-electron chi connectivity index (χ0n) is 16.4. The van der Waals surface area contributed by atoms with Gasteiger partial charge in [0.05, 0.1) is 31.2 Å². The van der Waals surface area contributed by atoms with Crippen molar-refractivity contribution in [3.05, 3.63) is 59.7 Å². The molecular weight excluding hydrogens is 375 g/mol. The van der Waals surface area contributed by atoms with Crippen LogP contribution in [-0.2, 0) is 13.6 Å². The summed E-state index contributed by atoms with van der Waals surface area (Å²) in [6.07, 6.45) is 7.34. The second-order valence-electron chi connectivity index (χ2n) is 6.82. The van der Waals surface area contributed by atoms with E-state index in [2.05, 4.69) is 25.2 Å². The lowest BCUT2D eigenvalue weighted by atomic mass is 10.0. The number of fused-ring (bicyclic) bond motifs is 1. The predicted molar refractivity (Wildman–Crippen MR) is 105 cm³/mol. The Morgan fingerprint density at radius 2 is 2.07 bits per heavy atom. The van der Waals surface area contributed by atoms with E-state index in [1.807, 2.05) is 6.92 Å². The molecular formula is C20H21FN6O2. The van der Waals surface area contributed by atoms with Gasteiger partial charge in [0.25, 0.3) is 5.91 Å². The Balaban J connectivity index is 1.55. The fourth-order valence-corrected chi connectivity index (χ4v) is 3.62. The van der Waals surface area contributed by atoms with Crippen molar-refractivity contribution in [3.8, 4) is 5.75 Å². The molecule has 0 radical (unpaired) electrons. The van der Waals surface area contributed by atoms with Gasteiger partial charge in [-0.3, -0.25) is 10.1 Å². The number of carbonyl (C=O) groups excluding carboxylic acids is 1. The van der Waals surface area contributed by atoms with Crippen LogP contribution >= 0.6 is 0 Å². The van der Waals surface area contributed by atoms with Crippen LogP contribution in [0.1, 0.15) is 41.1 Å². The number of carbonyl (C=O) groups is 1. The van der Waals surface area contributed by atoms with Crippen molar-refractivity contribution in [1.29, 1.82) is 0 Å². The molecule has 0 spiro atoms. The molecule has 2 aromatic heterocycles. The van der Waals surface area contributed by atoms with Crippen molar-refractivity contribution in [2.75, 3.05) is 17.3 Å². The lowest BCUT2D eigenvalue weighted by molar-refractivity contribution is 0.101. The Labute approximate surface area is 167 Å². The third kappa shape index (κ3) is 3.39. The molecule has 0 aliphatic carbocycles. The summed E-state index contributed by atoms with van der Waals surface area (Å²) in [5, 5.41) is 2.67. The molecule has 0 bridgehead atoms. The highest BCUT2D eigenvalue weighted by Gasteiger charge is 2.31. The number of nitrogens with one attached hydrogen (secondary N) is 1. The summed E-state index contributed by atoms with van der Waals surface area (Å²) in [5.41, 5.74) is 2.70. The molecule has 0 saturated carbocycles. The zero-order valence-corrected chi connectivity index (χ0v) is 16.4. The number of aryl methyl sites for hydroxylation is 1. The van der Waals surface area contributed by atoms with E-state index in [9.17, 15) is 9.18 Å². The molecule has 0 fully saturated rings. The van der Waals surface area contributed by atoms with Gasteiger partial charge in [0.15, 0.2) is 11.6 Å². The smallest absolute Gasteiger partial charge is 0.295 e. The number of imidazole rings is 1. The van der Waals surface area contributed by atoms with E-state index in [0.29, 0.717) is 12.5 Å². The molecule has 4 rings (SSSR count). The first-order valence-electron chi connectivity index (χ1n) is 9.25. The molecule has 1 aliphatic rings. The monoisotopic (exact) mass is 396 g/mol. The first-order chi connectivity index (χ1) is 14.0. The van der Waals surface area contributed by atoms with E-state index in [1.165, 1.54) is 13.2 Å². The van der Waals surface area contributed by atoms with Gasteiger partial charge in [-0.2, -0.15) is 0 Å². The maximum absolute atomic E-state index is 14.2. The second kappa shape index (κ2) is 7.50. The summed E-state index contributed by atoms with van der Waals surface area (Å²) in [6, 6.07) is 3.28. The fourth-order valence-electron chi connectivity index (χ4n) is 3.62. The number of hydrogen-bond acceptors (Lipinski definition) is 6. The van der Waals surface area contributed by atoms with Crippen LogP contribution in [0.25, 0.3) is 0 Å². The van der Waals surface area contributed by atoms with Crippen molar-refractivity contribution in [2.24, 2.45) is 7.05 Å². The third-order valence-corrected chi connectivity index (χ3v) is 5.10. The summed E-state index contributed by atoms with van der Waals surface area (Å²) in [5.74, 6) is -0.106. The predicted octanol–water partition coefficient (Wildman–Crippen LogP) is 3.08. The molecule has 3 aromatic rings. The highest BCUT2D eigenvalue weighted by Crippen LogP contribution is 2.41. The minimum absolute atomic E-state index is 0.00116. The summed E-state index contributed by atoms with van der Waals surface area (Å²) in [6.45, 7) is 2.64. The molecule has 9 heteroatoms. The van der Waals surface area contributed by atoms with Gasteiger partial charge in [-0.05, 0) is 29.7 Å². The average Bonchev–Trinajstić information content (AvgIpc) is 3.30. The average molecular weight is 396 g/mol. The Hall–Kier alpha value is -3.49. The summed E-state index contributed by atoms with van der Waals surface area (Å²) < 4.78 is 21.0. The van der Waals surface area contributed by atoms with Gasteiger partial charge in [0, 0.05) is 26.0 Å². The molecule has 3 heterocycles. The summed E-state index contributed by atoms with van der Waals surface area (Å²) in [7, 11) is 3.23. The number of rotatable bonds is 5.